The molecule has 0 radical (unpaired) electrons. The second-order valence-corrected chi connectivity index (χ2v) is 7.30. The fourth-order valence-electron chi connectivity index (χ4n) is 3.29. The van der Waals surface area contributed by atoms with Crippen LogP contribution < -0.4 is 14.2 Å². The van der Waals surface area contributed by atoms with E-state index >= 15 is 0 Å². The van der Waals surface area contributed by atoms with Crippen LogP contribution in [0.4, 0.5) is 0 Å². The van der Waals surface area contributed by atoms with E-state index in [1.807, 2.05) is 0 Å². The first kappa shape index (κ1) is 22.4. The largest absolute Gasteiger partial charge is 0.497 e. The van der Waals surface area contributed by atoms with Crippen molar-refractivity contribution in [3.05, 3.63) is 88.4 Å². The molecule has 0 bridgehead atoms. The van der Waals surface area contributed by atoms with Gasteiger partial charge in [-0.3, -0.25) is 9.59 Å². The number of ketones is 2. The lowest BCUT2D eigenvalue weighted by atomic mass is 9.85. The molecule has 0 aliphatic rings. The third kappa shape index (κ3) is 5.25. The van der Waals surface area contributed by atoms with Crippen molar-refractivity contribution in [2.45, 2.75) is 12.3 Å². The molecule has 3 aromatic rings. The van der Waals surface area contributed by atoms with E-state index in [4.69, 9.17) is 25.8 Å². The van der Waals surface area contributed by atoms with Gasteiger partial charge in [-0.1, -0.05) is 23.7 Å². The molecule has 6 heteroatoms. The Kier molecular flexibility index (Phi) is 7.32. The smallest absolute Gasteiger partial charge is 0.172 e. The van der Waals surface area contributed by atoms with Crippen molar-refractivity contribution >= 4 is 23.2 Å². The fraction of sp³-hybridized carbons (Fsp3) is 0.200. The van der Waals surface area contributed by atoms with Crippen molar-refractivity contribution < 1.29 is 23.8 Å². The van der Waals surface area contributed by atoms with Crippen LogP contribution in [-0.2, 0) is 0 Å². The van der Waals surface area contributed by atoms with E-state index in [1.54, 1.807) is 80.9 Å². The lowest BCUT2D eigenvalue weighted by molar-refractivity contribution is 0.0893. The molecular formula is C25H23ClO5. The van der Waals surface area contributed by atoms with Gasteiger partial charge in [0.2, 0.25) is 0 Å². The molecule has 0 heterocycles. The number of carbonyl (C=O) groups is 2. The van der Waals surface area contributed by atoms with Gasteiger partial charge in [0.15, 0.2) is 11.6 Å². The summed E-state index contributed by atoms with van der Waals surface area (Å²) in [4.78, 5) is 26.5. The SMILES string of the molecule is COc1ccc(C(=O)CC(C(=O)c2ccc(OC)cc2Cl)c2ccc(OC)cc2)cc1. The van der Waals surface area contributed by atoms with Crippen LogP contribution >= 0.6 is 11.6 Å². The number of benzene rings is 3. The molecule has 31 heavy (non-hydrogen) atoms. The molecule has 0 saturated heterocycles. The Morgan fingerprint density at radius 2 is 1.29 bits per heavy atom. The molecule has 3 rings (SSSR count). The Bertz CT molecular complexity index is 1060. The van der Waals surface area contributed by atoms with Crippen LogP contribution in [0.1, 0.15) is 38.6 Å². The summed E-state index contributed by atoms with van der Waals surface area (Å²) in [6.07, 6.45) is -0.000150. The number of hydrogen-bond donors (Lipinski definition) is 0. The van der Waals surface area contributed by atoms with Crippen molar-refractivity contribution in [1.82, 2.24) is 0 Å². The zero-order chi connectivity index (χ0) is 22.4. The molecule has 5 nitrogen and oxygen atoms in total. The first-order chi connectivity index (χ1) is 15.0. The molecule has 0 N–H and O–H groups in total. The molecule has 3 aromatic carbocycles. The minimum absolute atomic E-state index is 0.000150. The molecule has 160 valence electrons. The number of methoxy groups -OCH3 is 3. The highest BCUT2D eigenvalue weighted by molar-refractivity contribution is 6.34. The van der Waals surface area contributed by atoms with E-state index in [0.29, 0.717) is 33.9 Å². The highest BCUT2D eigenvalue weighted by atomic mass is 35.5. The van der Waals surface area contributed by atoms with Gasteiger partial charge in [-0.15, -0.1) is 0 Å². The molecule has 0 amide bonds. The van der Waals surface area contributed by atoms with Gasteiger partial charge < -0.3 is 14.2 Å². The summed E-state index contributed by atoms with van der Waals surface area (Å²) < 4.78 is 15.5. The highest BCUT2D eigenvalue weighted by Crippen LogP contribution is 2.32. The van der Waals surface area contributed by atoms with Crippen molar-refractivity contribution in [2.75, 3.05) is 21.3 Å². The Labute approximate surface area is 186 Å². The maximum absolute atomic E-state index is 13.5. The van der Waals surface area contributed by atoms with Crippen LogP contribution in [0.25, 0.3) is 0 Å². The summed E-state index contributed by atoms with van der Waals surface area (Å²) >= 11 is 6.35. The standard InChI is InChI=1S/C25H23ClO5/c1-29-18-8-4-16(5-9-18)22(15-24(27)17-6-10-19(30-2)11-7-17)25(28)21-13-12-20(31-3)14-23(21)26/h4-14,22H,15H2,1-3H3. The molecule has 1 unspecified atom stereocenters. The Balaban J connectivity index is 1.95. The quantitative estimate of drug-likeness (QED) is 0.406. The maximum Gasteiger partial charge on any atom is 0.172 e. The van der Waals surface area contributed by atoms with Crippen LogP contribution in [0.5, 0.6) is 17.2 Å². The van der Waals surface area contributed by atoms with E-state index < -0.39 is 5.92 Å². The number of halogens is 1. The van der Waals surface area contributed by atoms with E-state index in [0.717, 1.165) is 0 Å². The molecule has 0 aliphatic carbocycles. The molecule has 0 saturated carbocycles. The summed E-state index contributed by atoms with van der Waals surface area (Å²) in [5, 5.41) is 0.278. The summed E-state index contributed by atoms with van der Waals surface area (Å²) in [6, 6.07) is 18.8. The molecular weight excluding hydrogens is 416 g/mol. The summed E-state index contributed by atoms with van der Waals surface area (Å²) in [5.74, 6) is 0.785. The third-order valence-corrected chi connectivity index (χ3v) is 5.39. The Morgan fingerprint density at radius 3 is 1.81 bits per heavy atom. The molecule has 0 aromatic heterocycles. The second kappa shape index (κ2) is 10.1. The van der Waals surface area contributed by atoms with Crippen LogP contribution in [0.3, 0.4) is 0 Å². The van der Waals surface area contributed by atoms with Crippen LogP contribution in [0.2, 0.25) is 5.02 Å². The topological polar surface area (TPSA) is 61.8 Å². The van der Waals surface area contributed by atoms with Crippen LogP contribution in [0, 0.1) is 0 Å². The second-order valence-electron chi connectivity index (χ2n) is 6.89. The first-order valence-corrected chi connectivity index (χ1v) is 10.0. The summed E-state index contributed by atoms with van der Waals surface area (Å²) in [7, 11) is 4.66. The Morgan fingerprint density at radius 1 is 0.774 bits per heavy atom. The molecule has 0 aliphatic heterocycles. The molecule has 1 atom stereocenters. The van der Waals surface area contributed by atoms with Crippen molar-refractivity contribution in [2.24, 2.45) is 0 Å². The van der Waals surface area contributed by atoms with Gasteiger partial charge in [-0.2, -0.15) is 0 Å². The van der Waals surface area contributed by atoms with Gasteiger partial charge in [0.25, 0.3) is 0 Å². The average molecular weight is 439 g/mol. The lowest BCUT2D eigenvalue weighted by Crippen LogP contribution is -2.18. The van der Waals surface area contributed by atoms with Gasteiger partial charge in [0, 0.05) is 17.5 Å². The minimum Gasteiger partial charge on any atom is -0.497 e. The van der Waals surface area contributed by atoms with Gasteiger partial charge in [-0.25, -0.2) is 0 Å². The molecule has 0 fully saturated rings. The van der Waals surface area contributed by atoms with E-state index in [9.17, 15) is 9.59 Å². The predicted octanol–water partition coefficient (Wildman–Crippen LogP) is 5.61. The molecule has 0 spiro atoms. The zero-order valence-corrected chi connectivity index (χ0v) is 18.3. The van der Waals surface area contributed by atoms with Gasteiger partial charge >= 0.3 is 0 Å². The van der Waals surface area contributed by atoms with Crippen LogP contribution in [-0.4, -0.2) is 32.9 Å². The van der Waals surface area contributed by atoms with E-state index in [1.165, 1.54) is 7.11 Å². The predicted molar refractivity (Wildman–Crippen MR) is 120 cm³/mol. The number of rotatable bonds is 9. The van der Waals surface area contributed by atoms with Crippen molar-refractivity contribution in [3.8, 4) is 17.2 Å². The zero-order valence-electron chi connectivity index (χ0n) is 17.6. The Hall–Kier alpha value is -3.31. The van der Waals surface area contributed by atoms with Gasteiger partial charge in [0.05, 0.1) is 32.3 Å². The van der Waals surface area contributed by atoms with E-state index in [2.05, 4.69) is 0 Å². The normalized spacial score (nSPS) is 11.5. The average Bonchev–Trinajstić information content (AvgIpc) is 2.82. The number of Topliss-reactive ketones (excluding diaryl/α,β-unsaturated/α-hetero) is 2. The van der Waals surface area contributed by atoms with Crippen molar-refractivity contribution in [3.63, 3.8) is 0 Å². The lowest BCUT2D eigenvalue weighted by Gasteiger charge is -2.18. The summed E-state index contributed by atoms with van der Waals surface area (Å²) in [6.45, 7) is 0. The van der Waals surface area contributed by atoms with Crippen LogP contribution in [0.15, 0.2) is 66.7 Å². The first-order valence-electron chi connectivity index (χ1n) is 9.65. The highest BCUT2D eigenvalue weighted by Gasteiger charge is 2.27. The maximum atomic E-state index is 13.5. The number of carbonyl (C=O) groups excluding carboxylic acids is 2. The number of hydrogen-bond acceptors (Lipinski definition) is 5. The van der Waals surface area contributed by atoms with E-state index in [-0.39, 0.29) is 23.0 Å². The summed E-state index contributed by atoms with van der Waals surface area (Å²) in [5.41, 5.74) is 1.55. The van der Waals surface area contributed by atoms with Crippen molar-refractivity contribution in [1.29, 1.82) is 0 Å². The minimum atomic E-state index is -0.702. The van der Waals surface area contributed by atoms with Gasteiger partial charge in [-0.05, 0) is 60.2 Å². The van der Waals surface area contributed by atoms with Gasteiger partial charge in [0.1, 0.15) is 17.2 Å². The monoisotopic (exact) mass is 438 g/mol. The fourth-order valence-corrected chi connectivity index (χ4v) is 3.55. The third-order valence-electron chi connectivity index (χ3n) is 5.08. The number of ether oxygens (including phenoxy) is 3.